The van der Waals surface area contributed by atoms with Crippen molar-refractivity contribution in [3.8, 4) is 0 Å². The Morgan fingerprint density at radius 2 is 1.18 bits per heavy atom. The highest BCUT2D eigenvalue weighted by atomic mass is 35.5. The third-order valence-corrected chi connectivity index (χ3v) is 10.4. The van der Waals surface area contributed by atoms with Gasteiger partial charge in [-0.3, -0.25) is 19.7 Å². The molecule has 0 aliphatic heterocycles. The van der Waals surface area contributed by atoms with Gasteiger partial charge in [0.05, 0.1) is 0 Å². The van der Waals surface area contributed by atoms with Gasteiger partial charge in [0.25, 0.3) is 0 Å². The first-order chi connectivity index (χ1) is 26.7. The van der Waals surface area contributed by atoms with Gasteiger partial charge in [-0.2, -0.15) is 0 Å². The van der Waals surface area contributed by atoms with Crippen molar-refractivity contribution in [3.05, 3.63) is 47.0 Å². The second kappa shape index (κ2) is 30.0. The number of rotatable bonds is 31. The molecule has 0 aromatic heterocycles. The normalized spacial score (nSPS) is 15.7. The molecule has 11 heteroatoms. The Kier molecular flexibility index (Phi) is 26.1. The summed E-state index contributed by atoms with van der Waals surface area (Å²) < 4.78 is 21.5. The van der Waals surface area contributed by atoms with Crippen LogP contribution in [-0.4, -0.2) is 55.7 Å². The molecule has 1 aliphatic rings. The first-order valence-electron chi connectivity index (χ1n) is 21.1. The quantitative estimate of drug-likeness (QED) is 0.0255. The second-order valence-corrected chi connectivity index (χ2v) is 15.1. The van der Waals surface area contributed by atoms with Crippen LogP contribution < -0.4 is 5.32 Å². The molecular formula is C44H68ClNO9. The Morgan fingerprint density at radius 1 is 0.691 bits per heavy atom. The zero-order chi connectivity index (χ0) is 40.0. The minimum Gasteiger partial charge on any atom is -0.462 e. The van der Waals surface area contributed by atoms with Gasteiger partial charge in [-0.05, 0) is 37.3 Å². The third-order valence-electron chi connectivity index (χ3n) is 10.1. The molecule has 0 bridgehead atoms. The van der Waals surface area contributed by atoms with E-state index in [1.165, 1.54) is 64.2 Å². The van der Waals surface area contributed by atoms with E-state index in [4.69, 9.17) is 30.5 Å². The minimum atomic E-state index is -1.08. The molecule has 1 aromatic rings. The van der Waals surface area contributed by atoms with E-state index in [1.54, 1.807) is 24.3 Å². The van der Waals surface area contributed by atoms with Gasteiger partial charge in [-0.15, -0.1) is 0 Å². The number of benzene rings is 1. The summed E-state index contributed by atoms with van der Waals surface area (Å²) in [6.07, 6.45) is 23.9. The predicted octanol–water partition coefficient (Wildman–Crippen LogP) is 10.2. The number of Topliss-reactive ketones (excluding diaryl/α,β-unsaturated/α-hetero) is 1. The van der Waals surface area contributed by atoms with Crippen LogP contribution in [0.15, 0.2) is 36.4 Å². The second-order valence-electron chi connectivity index (χ2n) is 14.7. The van der Waals surface area contributed by atoms with E-state index in [0.29, 0.717) is 36.3 Å². The van der Waals surface area contributed by atoms with Crippen molar-refractivity contribution in [2.75, 3.05) is 19.9 Å². The SMILES string of the molecule is CCCCCCCCCCCC(=O)OCC(COC(=O)CCCCCCCCCCC)OC(=O)/C=C/C(=O)OCN[C@]1(c2ccccc2Cl)CCCCC1=O. The molecule has 55 heavy (non-hydrogen) atoms. The van der Waals surface area contributed by atoms with Gasteiger partial charge in [0.1, 0.15) is 25.5 Å². The molecular weight excluding hydrogens is 722 g/mol. The van der Waals surface area contributed by atoms with Crippen LogP contribution in [0.5, 0.6) is 0 Å². The van der Waals surface area contributed by atoms with Crippen LogP contribution in [0.1, 0.15) is 174 Å². The number of ether oxygens (including phenoxy) is 4. The zero-order valence-corrected chi connectivity index (χ0v) is 34.4. The van der Waals surface area contributed by atoms with Crippen LogP contribution in [0.4, 0.5) is 0 Å². The highest BCUT2D eigenvalue weighted by Gasteiger charge is 2.42. The zero-order valence-electron chi connectivity index (χ0n) is 33.7. The molecule has 2 rings (SSSR count). The number of esters is 4. The topological polar surface area (TPSA) is 134 Å². The van der Waals surface area contributed by atoms with Crippen LogP contribution in [0.2, 0.25) is 5.02 Å². The van der Waals surface area contributed by atoms with Gasteiger partial charge in [-0.25, -0.2) is 9.59 Å². The molecule has 0 spiro atoms. The lowest BCUT2D eigenvalue weighted by Gasteiger charge is -2.37. The molecule has 1 saturated carbocycles. The summed E-state index contributed by atoms with van der Waals surface area (Å²) in [5.41, 5.74) is -0.450. The van der Waals surface area contributed by atoms with Crippen LogP contribution in [0.25, 0.3) is 0 Å². The summed E-state index contributed by atoms with van der Waals surface area (Å²) in [4.78, 5) is 63.3. The molecule has 0 radical (unpaired) electrons. The predicted molar refractivity (Wildman–Crippen MR) is 215 cm³/mol. The monoisotopic (exact) mass is 789 g/mol. The Bertz CT molecular complexity index is 1260. The Labute approximate surface area is 335 Å². The fourth-order valence-corrected chi connectivity index (χ4v) is 7.11. The maximum atomic E-state index is 13.1. The number of unbranched alkanes of at least 4 members (excludes halogenated alkanes) is 16. The van der Waals surface area contributed by atoms with E-state index in [0.717, 1.165) is 63.5 Å². The molecule has 1 N–H and O–H groups in total. The standard InChI is InChI=1S/C44H68ClNO9/c1-3-5-7-9-11-13-15-17-19-28-40(48)52-33-36(34-53-41(49)29-20-18-16-14-12-10-8-6-4-2)55-43(51)31-30-42(50)54-35-46-44(32-24-23-27-39(44)47)37-25-21-22-26-38(37)45/h21-22,25-26,30-31,36,46H,3-20,23-24,27-29,32-35H2,1-2H3/b31-30+/t44-/m0/s1. The van der Waals surface area contributed by atoms with E-state index in [9.17, 15) is 24.0 Å². The fraction of sp³-hybridized carbons (Fsp3) is 0.705. The molecule has 1 aliphatic carbocycles. The summed E-state index contributed by atoms with van der Waals surface area (Å²) >= 11 is 6.45. The first-order valence-corrected chi connectivity index (χ1v) is 21.5. The van der Waals surface area contributed by atoms with Crippen molar-refractivity contribution in [3.63, 3.8) is 0 Å². The lowest BCUT2D eigenvalue weighted by atomic mass is 9.75. The van der Waals surface area contributed by atoms with Crippen molar-refractivity contribution in [2.45, 2.75) is 180 Å². The Balaban J connectivity index is 1.84. The number of ketones is 1. The molecule has 1 aromatic carbocycles. The summed E-state index contributed by atoms with van der Waals surface area (Å²) in [6, 6.07) is 7.09. The van der Waals surface area contributed by atoms with Crippen molar-refractivity contribution >= 4 is 41.3 Å². The molecule has 10 nitrogen and oxygen atoms in total. The smallest absolute Gasteiger partial charge is 0.332 e. The van der Waals surface area contributed by atoms with E-state index in [-0.39, 0.29) is 38.6 Å². The number of carbonyl (C=O) groups excluding carboxylic acids is 5. The van der Waals surface area contributed by atoms with Gasteiger partial charge in [0.2, 0.25) is 0 Å². The highest BCUT2D eigenvalue weighted by Crippen LogP contribution is 2.38. The number of hydrogen-bond donors (Lipinski definition) is 1. The van der Waals surface area contributed by atoms with Crippen LogP contribution >= 0.6 is 11.6 Å². The average Bonchev–Trinajstić information content (AvgIpc) is 3.17. The van der Waals surface area contributed by atoms with E-state index < -0.39 is 35.5 Å². The fourth-order valence-electron chi connectivity index (χ4n) is 6.81. The van der Waals surface area contributed by atoms with Gasteiger partial charge in [0.15, 0.2) is 11.9 Å². The first kappa shape index (κ1) is 47.9. The molecule has 0 saturated heterocycles. The van der Waals surface area contributed by atoms with Gasteiger partial charge in [0, 0.05) is 36.4 Å². The van der Waals surface area contributed by atoms with Crippen molar-refractivity contribution < 1.29 is 42.9 Å². The molecule has 0 heterocycles. The number of halogens is 1. The molecule has 0 unspecified atom stereocenters. The van der Waals surface area contributed by atoms with Crippen LogP contribution in [0.3, 0.4) is 0 Å². The molecule has 1 atom stereocenters. The molecule has 1 fully saturated rings. The number of carbonyl (C=O) groups is 5. The average molecular weight is 790 g/mol. The number of hydrogen-bond acceptors (Lipinski definition) is 10. The summed E-state index contributed by atoms with van der Waals surface area (Å²) in [6.45, 7) is 3.55. The van der Waals surface area contributed by atoms with Gasteiger partial charge < -0.3 is 18.9 Å². The van der Waals surface area contributed by atoms with Crippen molar-refractivity contribution in [1.29, 1.82) is 0 Å². The van der Waals surface area contributed by atoms with E-state index in [1.807, 2.05) is 0 Å². The largest absolute Gasteiger partial charge is 0.462 e. The van der Waals surface area contributed by atoms with Crippen molar-refractivity contribution in [1.82, 2.24) is 5.32 Å². The summed E-state index contributed by atoms with van der Waals surface area (Å²) in [7, 11) is 0. The maximum Gasteiger partial charge on any atom is 0.332 e. The van der Waals surface area contributed by atoms with Crippen LogP contribution in [0, 0.1) is 0 Å². The third kappa shape index (κ3) is 21.0. The lowest BCUT2D eigenvalue weighted by Crippen LogP contribution is -2.52. The maximum absolute atomic E-state index is 13.1. The highest BCUT2D eigenvalue weighted by molar-refractivity contribution is 6.31. The molecule has 310 valence electrons. The summed E-state index contributed by atoms with van der Waals surface area (Å²) in [5, 5.41) is 3.53. The van der Waals surface area contributed by atoms with E-state index in [2.05, 4.69) is 19.2 Å². The lowest BCUT2D eigenvalue weighted by molar-refractivity contribution is -0.163. The molecule has 0 amide bonds. The van der Waals surface area contributed by atoms with Crippen LogP contribution in [-0.2, 0) is 48.5 Å². The Hall–Kier alpha value is -3.24. The summed E-state index contributed by atoms with van der Waals surface area (Å²) in [5.74, 6) is -2.59. The Morgan fingerprint density at radius 3 is 1.69 bits per heavy atom. The van der Waals surface area contributed by atoms with E-state index >= 15 is 0 Å². The minimum absolute atomic E-state index is 0.0317. The number of nitrogens with one attached hydrogen (secondary N) is 1. The van der Waals surface area contributed by atoms with Crippen molar-refractivity contribution in [2.24, 2.45) is 0 Å². The van der Waals surface area contributed by atoms with Gasteiger partial charge in [-0.1, -0.05) is 153 Å². The van der Waals surface area contributed by atoms with Gasteiger partial charge >= 0.3 is 23.9 Å².